The third kappa shape index (κ3) is 4.61. The van der Waals surface area contributed by atoms with Crippen LogP contribution in [0.5, 0.6) is 0 Å². The molecule has 0 aliphatic heterocycles. The molecule has 152 valence electrons. The summed E-state index contributed by atoms with van der Waals surface area (Å²) in [4.78, 5) is 19.9. The van der Waals surface area contributed by atoms with E-state index in [1.165, 1.54) is 9.75 Å². The van der Waals surface area contributed by atoms with Gasteiger partial charge in [-0.1, -0.05) is 37.3 Å². The van der Waals surface area contributed by atoms with E-state index in [9.17, 15) is 4.79 Å². The van der Waals surface area contributed by atoms with E-state index in [-0.39, 0.29) is 11.9 Å². The van der Waals surface area contributed by atoms with Gasteiger partial charge >= 0.3 is 0 Å². The van der Waals surface area contributed by atoms with Crippen LogP contribution in [0.4, 0.5) is 10.8 Å². The molecular weight excluding hydrogens is 410 g/mol. The van der Waals surface area contributed by atoms with Crippen LogP contribution < -0.4 is 10.6 Å². The topological polar surface area (TPSA) is 54.0 Å². The standard InChI is InChI=1S/C24H23N3OS2/c1-3-18-15-19(24(30-18)27-23(28)17-10-5-4-6-11-17)22(20-12-8-14-29-20)26-21-13-7-9-16(2)25-21/h4-15,22H,3H2,1-2H3,(H,25,26)(H,27,28)/t22-/m0/s1. The van der Waals surface area contributed by atoms with Crippen LogP contribution in [0.25, 0.3) is 0 Å². The van der Waals surface area contributed by atoms with Crippen LogP contribution >= 0.6 is 22.7 Å². The number of aryl methyl sites for hydroxylation is 2. The van der Waals surface area contributed by atoms with E-state index >= 15 is 0 Å². The number of carbonyl (C=O) groups excluding carboxylic acids is 1. The van der Waals surface area contributed by atoms with Gasteiger partial charge in [-0.2, -0.15) is 0 Å². The van der Waals surface area contributed by atoms with E-state index in [0.29, 0.717) is 5.56 Å². The van der Waals surface area contributed by atoms with Crippen molar-refractivity contribution in [3.63, 3.8) is 0 Å². The lowest BCUT2D eigenvalue weighted by atomic mass is 10.1. The molecule has 4 nitrogen and oxygen atoms in total. The van der Waals surface area contributed by atoms with E-state index in [0.717, 1.165) is 28.5 Å². The second-order valence-corrected chi connectivity index (χ2v) is 9.04. The highest BCUT2D eigenvalue weighted by atomic mass is 32.1. The van der Waals surface area contributed by atoms with Crippen LogP contribution in [0, 0.1) is 6.92 Å². The Balaban J connectivity index is 1.71. The third-order valence-corrected chi connectivity index (χ3v) is 6.89. The Hall–Kier alpha value is -2.96. The van der Waals surface area contributed by atoms with Crippen molar-refractivity contribution in [2.75, 3.05) is 10.6 Å². The fraction of sp³-hybridized carbons (Fsp3) is 0.167. The fourth-order valence-electron chi connectivity index (χ4n) is 3.24. The number of aromatic nitrogens is 1. The molecule has 0 saturated heterocycles. The maximum Gasteiger partial charge on any atom is 0.256 e. The number of benzene rings is 1. The number of rotatable bonds is 7. The van der Waals surface area contributed by atoms with E-state index < -0.39 is 0 Å². The third-order valence-electron chi connectivity index (χ3n) is 4.74. The first-order valence-corrected chi connectivity index (χ1v) is 11.6. The van der Waals surface area contributed by atoms with E-state index in [1.54, 1.807) is 22.7 Å². The first-order chi connectivity index (χ1) is 14.6. The van der Waals surface area contributed by atoms with Gasteiger partial charge in [0.15, 0.2) is 0 Å². The summed E-state index contributed by atoms with van der Waals surface area (Å²) in [7, 11) is 0. The average molecular weight is 434 g/mol. The van der Waals surface area contributed by atoms with Gasteiger partial charge in [0.25, 0.3) is 5.91 Å². The van der Waals surface area contributed by atoms with Crippen molar-refractivity contribution >= 4 is 39.4 Å². The fourth-order valence-corrected chi connectivity index (χ4v) is 5.06. The molecule has 4 aromatic rings. The number of carbonyl (C=O) groups is 1. The molecule has 30 heavy (non-hydrogen) atoms. The molecule has 0 spiro atoms. The van der Waals surface area contributed by atoms with Crippen LogP contribution in [0.15, 0.2) is 72.1 Å². The van der Waals surface area contributed by atoms with Gasteiger partial charge in [0.1, 0.15) is 10.8 Å². The van der Waals surface area contributed by atoms with E-state index in [4.69, 9.17) is 0 Å². The van der Waals surface area contributed by atoms with Gasteiger partial charge in [0.2, 0.25) is 0 Å². The molecule has 1 atom stereocenters. The number of thiophene rings is 2. The van der Waals surface area contributed by atoms with Crippen molar-refractivity contribution in [2.24, 2.45) is 0 Å². The molecule has 0 unspecified atom stereocenters. The Kier molecular flexibility index (Phi) is 6.26. The van der Waals surface area contributed by atoms with Gasteiger partial charge in [0, 0.05) is 26.6 Å². The molecule has 0 aliphatic rings. The summed E-state index contributed by atoms with van der Waals surface area (Å²) in [6, 6.07) is 21.5. The highest BCUT2D eigenvalue weighted by molar-refractivity contribution is 7.16. The first kappa shape index (κ1) is 20.3. The minimum Gasteiger partial charge on any atom is -0.358 e. The van der Waals surface area contributed by atoms with Crippen LogP contribution in [-0.4, -0.2) is 10.9 Å². The zero-order chi connectivity index (χ0) is 20.9. The Bertz CT molecular complexity index is 1120. The minimum absolute atomic E-state index is 0.0954. The highest BCUT2D eigenvalue weighted by Gasteiger charge is 2.23. The quantitative estimate of drug-likeness (QED) is 0.348. The number of pyridine rings is 1. The van der Waals surface area contributed by atoms with Crippen LogP contribution in [0.2, 0.25) is 0 Å². The second-order valence-electron chi connectivity index (χ2n) is 6.93. The number of amides is 1. The summed E-state index contributed by atoms with van der Waals surface area (Å²) in [5, 5.41) is 9.68. The summed E-state index contributed by atoms with van der Waals surface area (Å²) >= 11 is 3.33. The zero-order valence-electron chi connectivity index (χ0n) is 16.9. The summed E-state index contributed by atoms with van der Waals surface area (Å²) in [5.74, 6) is 0.720. The molecular formula is C24H23N3OS2. The molecule has 1 amide bonds. The summed E-state index contributed by atoms with van der Waals surface area (Å²) in [6.07, 6.45) is 0.915. The van der Waals surface area contributed by atoms with Crippen molar-refractivity contribution in [3.05, 3.63) is 98.7 Å². The molecule has 0 saturated carbocycles. The maximum absolute atomic E-state index is 12.8. The largest absolute Gasteiger partial charge is 0.358 e. The van der Waals surface area contributed by atoms with Crippen molar-refractivity contribution in [3.8, 4) is 0 Å². The number of anilines is 2. The Morgan fingerprint density at radius 2 is 1.90 bits per heavy atom. The minimum atomic E-state index is -0.0973. The number of nitrogens with zero attached hydrogens (tertiary/aromatic N) is 1. The molecule has 3 heterocycles. The molecule has 0 bridgehead atoms. The normalized spacial score (nSPS) is 11.8. The summed E-state index contributed by atoms with van der Waals surface area (Å²) < 4.78 is 0. The number of hydrogen-bond acceptors (Lipinski definition) is 5. The molecule has 0 radical (unpaired) electrons. The monoisotopic (exact) mass is 433 g/mol. The van der Waals surface area contributed by atoms with Crippen LogP contribution in [-0.2, 0) is 6.42 Å². The van der Waals surface area contributed by atoms with Crippen molar-refractivity contribution in [1.82, 2.24) is 4.98 Å². The van der Waals surface area contributed by atoms with Crippen LogP contribution in [0.3, 0.4) is 0 Å². The lowest BCUT2D eigenvalue weighted by Gasteiger charge is -2.19. The SMILES string of the molecule is CCc1cc([C@H](Nc2cccc(C)n2)c2cccs2)c(NC(=O)c2ccccc2)s1. The predicted octanol–water partition coefficient (Wildman–Crippen LogP) is 6.53. The first-order valence-electron chi connectivity index (χ1n) is 9.86. The molecule has 1 aromatic carbocycles. The van der Waals surface area contributed by atoms with Crippen LogP contribution in [0.1, 0.15) is 44.3 Å². The predicted molar refractivity (Wildman–Crippen MR) is 127 cm³/mol. The molecule has 0 fully saturated rings. The van der Waals surface area contributed by atoms with Gasteiger partial charge in [-0.05, 0) is 55.1 Å². The van der Waals surface area contributed by atoms with Gasteiger partial charge < -0.3 is 10.6 Å². The lowest BCUT2D eigenvalue weighted by Crippen LogP contribution is -2.16. The second kappa shape index (κ2) is 9.24. The Morgan fingerprint density at radius 1 is 1.07 bits per heavy atom. The Morgan fingerprint density at radius 3 is 2.60 bits per heavy atom. The number of nitrogens with one attached hydrogen (secondary N) is 2. The van der Waals surface area contributed by atoms with Crippen molar-refractivity contribution in [2.45, 2.75) is 26.3 Å². The summed E-state index contributed by atoms with van der Waals surface area (Å²) in [5.41, 5.74) is 2.67. The lowest BCUT2D eigenvalue weighted by molar-refractivity contribution is 0.102. The van der Waals surface area contributed by atoms with E-state index in [2.05, 4.69) is 40.1 Å². The highest BCUT2D eigenvalue weighted by Crippen LogP contribution is 2.39. The smallest absolute Gasteiger partial charge is 0.256 e. The molecule has 4 rings (SSSR count). The van der Waals surface area contributed by atoms with Crippen molar-refractivity contribution in [1.29, 1.82) is 0 Å². The van der Waals surface area contributed by atoms with Gasteiger partial charge in [-0.3, -0.25) is 4.79 Å². The zero-order valence-corrected chi connectivity index (χ0v) is 18.5. The average Bonchev–Trinajstić information content (AvgIpc) is 3.43. The molecule has 0 aliphatic carbocycles. The molecule has 2 N–H and O–H groups in total. The Labute approximate surface area is 184 Å². The van der Waals surface area contributed by atoms with Gasteiger partial charge in [-0.25, -0.2) is 4.98 Å². The molecule has 3 aromatic heterocycles. The molecule has 6 heteroatoms. The van der Waals surface area contributed by atoms with Gasteiger partial charge in [-0.15, -0.1) is 22.7 Å². The summed E-state index contributed by atoms with van der Waals surface area (Å²) in [6.45, 7) is 4.12. The van der Waals surface area contributed by atoms with Crippen molar-refractivity contribution < 1.29 is 4.79 Å². The number of hydrogen-bond donors (Lipinski definition) is 2. The van der Waals surface area contributed by atoms with E-state index in [1.807, 2.05) is 61.5 Å². The maximum atomic E-state index is 12.8. The van der Waals surface area contributed by atoms with Gasteiger partial charge in [0.05, 0.1) is 6.04 Å².